The summed E-state index contributed by atoms with van der Waals surface area (Å²) < 4.78 is 0. The minimum absolute atomic E-state index is 0.0464. The number of hydrogen-bond acceptors (Lipinski definition) is 1. The number of allylic oxidation sites excluding steroid dienone is 2. The zero-order valence-electron chi connectivity index (χ0n) is 16.5. The van der Waals surface area contributed by atoms with E-state index in [2.05, 4.69) is 50.3 Å². The summed E-state index contributed by atoms with van der Waals surface area (Å²) in [5.41, 5.74) is 3.72. The first-order chi connectivity index (χ1) is 12.5. The fourth-order valence-electron chi connectivity index (χ4n) is 7.74. The van der Waals surface area contributed by atoms with Crippen molar-refractivity contribution in [3.05, 3.63) is 42.0 Å². The number of benzene rings is 1. The lowest BCUT2D eigenvalue weighted by molar-refractivity contribution is -0.108. The Morgan fingerprint density at radius 2 is 1.65 bits per heavy atom. The molecule has 5 rings (SSSR count). The Kier molecular flexibility index (Phi) is 3.91. The second kappa shape index (κ2) is 5.96. The molecule has 4 aliphatic rings. The molecule has 0 aromatic heterocycles. The standard InChI is InChI=1S/C25H34O/c1-24-14-12-18(17-6-4-3-5-7-17)16-19(24)8-9-20-21-10-11-23(26)25(21,2)15-13-22(20)24/h3-7,12,19-23,26H,8-11,13-16H2,1-2H3/t19-,20+,21+,22+,23+,24+,25+/m1/s1. The third-order valence-corrected chi connectivity index (χ3v) is 9.41. The van der Waals surface area contributed by atoms with E-state index in [1.165, 1.54) is 50.5 Å². The van der Waals surface area contributed by atoms with Crippen molar-refractivity contribution in [3.63, 3.8) is 0 Å². The van der Waals surface area contributed by atoms with Crippen molar-refractivity contribution >= 4 is 5.57 Å². The molecule has 26 heavy (non-hydrogen) atoms. The van der Waals surface area contributed by atoms with Crippen LogP contribution in [-0.2, 0) is 0 Å². The van der Waals surface area contributed by atoms with E-state index in [1.54, 1.807) is 5.57 Å². The topological polar surface area (TPSA) is 20.2 Å². The molecule has 140 valence electrons. The molecule has 1 heteroatoms. The lowest BCUT2D eigenvalue weighted by atomic mass is 9.45. The Morgan fingerprint density at radius 3 is 2.46 bits per heavy atom. The van der Waals surface area contributed by atoms with Gasteiger partial charge in [-0.2, -0.15) is 0 Å². The van der Waals surface area contributed by atoms with Gasteiger partial charge in [0.05, 0.1) is 6.10 Å². The van der Waals surface area contributed by atoms with E-state index in [0.717, 1.165) is 30.1 Å². The Bertz CT molecular complexity index is 706. The van der Waals surface area contributed by atoms with Crippen LogP contribution in [0.3, 0.4) is 0 Å². The molecular weight excluding hydrogens is 316 g/mol. The maximum absolute atomic E-state index is 10.6. The smallest absolute Gasteiger partial charge is 0.0596 e. The molecule has 1 nitrogen and oxygen atoms in total. The van der Waals surface area contributed by atoms with Gasteiger partial charge in [0, 0.05) is 0 Å². The first kappa shape index (κ1) is 17.0. The van der Waals surface area contributed by atoms with Gasteiger partial charge in [-0.25, -0.2) is 0 Å². The maximum Gasteiger partial charge on any atom is 0.0596 e. The van der Waals surface area contributed by atoms with E-state index in [1.807, 2.05) is 0 Å². The van der Waals surface area contributed by atoms with Crippen LogP contribution in [-0.4, -0.2) is 11.2 Å². The first-order valence-electron chi connectivity index (χ1n) is 10.9. The van der Waals surface area contributed by atoms with Crippen LogP contribution in [0.25, 0.3) is 5.57 Å². The molecule has 3 saturated carbocycles. The van der Waals surface area contributed by atoms with Gasteiger partial charge in [0.15, 0.2) is 0 Å². The van der Waals surface area contributed by atoms with Gasteiger partial charge in [0.1, 0.15) is 0 Å². The highest BCUT2D eigenvalue weighted by atomic mass is 16.3. The van der Waals surface area contributed by atoms with Gasteiger partial charge in [-0.1, -0.05) is 50.3 Å². The number of aliphatic hydroxyl groups is 1. The molecule has 0 unspecified atom stereocenters. The molecule has 0 radical (unpaired) electrons. The predicted molar refractivity (Wildman–Crippen MR) is 108 cm³/mol. The quantitative estimate of drug-likeness (QED) is 0.650. The minimum atomic E-state index is -0.0464. The average molecular weight is 351 g/mol. The van der Waals surface area contributed by atoms with Gasteiger partial charge in [-0.05, 0) is 97.0 Å². The third kappa shape index (κ3) is 2.32. The van der Waals surface area contributed by atoms with Crippen molar-refractivity contribution in [1.82, 2.24) is 0 Å². The Labute approximate surface area is 158 Å². The fraction of sp³-hybridized carbons (Fsp3) is 0.680. The van der Waals surface area contributed by atoms with Gasteiger partial charge in [0.2, 0.25) is 0 Å². The van der Waals surface area contributed by atoms with Crippen LogP contribution in [0.15, 0.2) is 36.4 Å². The second-order valence-corrected chi connectivity index (χ2v) is 10.3. The van der Waals surface area contributed by atoms with Crippen LogP contribution in [0.4, 0.5) is 0 Å². The highest BCUT2D eigenvalue weighted by Crippen LogP contribution is 2.66. The van der Waals surface area contributed by atoms with Crippen LogP contribution in [0.2, 0.25) is 0 Å². The number of rotatable bonds is 1. The van der Waals surface area contributed by atoms with Crippen LogP contribution in [0.1, 0.15) is 70.8 Å². The van der Waals surface area contributed by atoms with Crippen LogP contribution < -0.4 is 0 Å². The van der Waals surface area contributed by atoms with Crippen LogP contribution in [0, 0.1) is 34.5 Å². The van der Waals surface area contributed by atoms with E-state index in [0.29, 0.717) is 5.41 Å². The summed E-state index contributed by atoms with van der Waals surface area (Å²) >= 11 is 0. The van der Waals surface area contributed by atoms with Crippen molar-refractivity contribution < 1.29 is 5.11 Å². The van der Waals surface area contributed by atoms with E-state index in [4.69, 9.17) is 0 Å². The van der Waals surface area contributed by atoms with E-state index < -0.39 is 0 Å². The largest absolute Gasteiger partial charge is 0.393 e. The van der Waals surface area contributed by atoms with Crippen molar-refractivity contribution in [3.8, 4) is 0 Å². The van der Waals surface area contributed by atoms with Gasteiger partial charge in [-0.3, -0.25) is 0 Å². The molecule has 1 aromatic rings. The second-order valence-electron chi connectivity index (χ2n) is 10.3. The predicted octanol–water partition coefficient (Wildman–Crippen LogP) is 6.08. The van der Waals surface area contributed by atoms with Crippen molar-refractivity contribution in [2.45, 2.75) is 71.3 Å². The van der Waals surface area contributed by atoms with Crippen molar-refractivity contribution in [2.75, 3.05) is 0 Å². The van der Waals surface area contributed by atoms with Crippen molar-refractivity contribution in [1.29, 1.82) is 0 Å². The van der Waals surface area contributed by atoms with Gasteiger partial charge in [-0.15, -0.1) is 0 Å². The summed E-state index contributed by atoms with van der Waals surface area (Å²) in [5, 5.41) is 10.6. The number of fused-ring (bicyclic) bond motifs is 5. The molecule has 0 amide bonds. The monoisotopic (exact) mass is 350 g/mol. The fourth-order valence-corrected chi connectivity index (χ4v) is 7.74. The molecule has 4 aliphatic carbocycles. The normalized spacial score (nSPS) is 47.5. The van der Waals surface area contributed by atoms with E-state index >= 15 is 0 Å². The number of aliphatic hydroxyl groups excluding tert-OH is 1. The zero-order chi connectivity index (χ0) is 17.9. The molecular formula is C25H34O. The summed E-state index contributed by atoms with van der Waals surface area (Å²) in [7, 11) is 0. The Morgan fingerprint density at radius 1 is 0.885 bits per heavy atom. The summed E-state index contributed by atoms with van der Waals surface area (Å²) in [5.74, 6) is 3.35. The molecule has 0 spiro atoms. The lowest BCUT2D eigenvalue weighted by Crippen LogP contribution is -2.53. The van der Waals surface area contributed by atoms with Gasteiger partial charge < -0.3 is 5.11 Å². The summed E-state index contributed by atoms with van der Waals surface area (Å²) in [6.07, 6.45) is 12.8. The summed E-state index contributed by atoms with van der Waals surface area (Å²) in [6.45, 7) is 5.01. The average Bonchev–Trinajstić information content (AvgIpc) is 2.97. The SMILES string of the molecule is C[C@]12CC=C(c3ccccc3)C[C@H]1CC[C@@H]1[C@@H]2CC[C@]2(C)[C@@H](O)CC[C@@H]12. The summed E-state index contributed by atoms with van der Waals surface area (Å²) in [4.78, 5) is 0. The highest BCUT2D eigenvalue weighted by molar-refractivity contribution is 5.66. The van der Waals surface area contributed by atoms with Gasteiger partial charge in [0.25, 0.3) is 0 Å². The molecule has 3 fully saturated rings. The number of hydrogen-bond donors (Lipinski definition) is 1. The van der Waals surface area contributed by atoms with Gasteiger partial charge >= 0.3 is 0 Å². The first-order valence-corrected chi connectivity index (χ1v) is 10.9. The highest BCUT2D eigenvalue weighted by Gasteiger charge is 2.59. The van der Waals surface area contributed by atoms with Crippen LogP contribution >= 0.6 is 0 Å². The lowest BCUT2D eigenvalue weighted by Gasteiger charge is -2.59. The molecule has 1 N–H and O–H groups in total. The van der Waals surface area contributed by atoms with Crippen LogP contribution in [0.5, 0.6) is 0 Å². The Hall–Kier alpha value is -1.08. The van der Waals surface area contributed by atoms with Crippen molar-refractivity contribution in [2.24, 2.45) is 34.5 Å². The molecule has 0 aliphatic heterocycles. The summed E-state index contributed by atoms with van der Waals surface area (Å²) in [6, 6.07) is 11.0. The molecule has 0 saturated heterocycles. The molecule has 1 aromatic carbocycles. The zero-order valence-corrected chi connectivity index (χ0v) is 16.5. The van der Waals surface area contributed by atoms with E-state index in [9.17, 15) is 5.11 Å². The van der Waals surface area contributed by atoms with E-state index in [-0.39, 0.29) is 11.5 Å². The Balaban J connectivity index is 1.43. The molecule has 0 heterocycles. The third-order valence-electron chi connectivity index (χ3n) is 9.41. The minimum Gasteiger partial charge on any atom is -0.393 e. The maximum atomic E-state index is 10.6. The molecule has 7 atom stereocenters. The molecule has 0 bridgehead atoms.